The Morgan fingerprint density at radius 1 is 1.09 bits per heavy atom. The molecule has 4 aromatic rings. The zero-order valence-electron chi connectivity index (χ0n) is 18.9. The second kappa shape index (κ2) is 9.51. The zero-order chi connectivity index (χ0) is 23.5. The number of fused-ring (bicyclic) bond motifs is 1. The molecule has 0 saturated heterocycles. The minimum atomic E-state index is -0.633. The number of nitrogens with zero attached hydrogens (tertiary/aromatic N) is 4. The third-order valence-electron chi connectivity index (χ3n) is 6.36. The largest absolute Gasteiger partial charge is 0.370 e. The SMILES string of the molecule is CNC(=O)c1c(F)cnc2c(CCNc3cc(-c4ccc(C5CCC5)nc4)ncn3)cccc12. The van der Waals surface area contributed by atoms with E-state index in [1.807, 2.05) is 24.4 Å². The Balaban J connectivity index is 1.29. The maximum atomic E-state index is 14.3. The van der Waals surface area contributed by atoms with Crippen molar-refractivity contribution in [3.05, 3.63) is 77.8 Å². The standard InChI is InChI=1S/C26H25FN6O/c1-28-26(34)24-19-7-3-6-17(25(19)31-14-20(24)27)10-11-29-23-12-22(32-15-33-23)18-8-9-21(30-13-18)16-4-2-5-16/h3,6-9,12-16H,2,4-5,10-11H2,1H3,(H,28,34)(H,29,32,33). The fourth-order valence-corrected chi connectivity index (χ4v) is 4.26. The van der Waals surface area contributed by atoms with Crippen LogP contribution in [0.5, 0.6) is 0 Å². The maximum absolute atomic E-state index is 14.3. The van der Waals surface area contributed by atoms with E-state index >= 15 is 0 Å². The molecule has 2 N–H and O–H groups in total. The summed E-state index contributed by atoms with van der Waals surface area (Å²) < 4.78 is 14.3. The van der Waals surface area contributed by atoms with Gasteiger partial charge < -0.3 is 10.6 Å². The molecule has 172 valence electrons. The molecule has 7 nitrogen and oxygen atoms in total. The smallest absolute Gasteiger partial charge is 0.254 e. The van der Waals surface area contributed by atoms with Gasteiger partial charge in [-0.05, 0) is 37.0 Å². The minimum Gasteiger partial charge on any atom is -0.370 e. The second-order valence-corrected chi connectivity index (χ2v) is 8.44. The molecule has 3 aromatic heterocycles. The van der Waals surface area contributed by atoms with Gasteiger partial charge in [-0.15, -0.1) is 0 Å². The Bertz CT molecular complexity index is 1340. The van der Waals surface area contributed by atoms with Gasteiger partial charge in [-0.3, -0.25) is 14.8 Å². The zero-order valence-corrected chi connectivity index (χ0v) is 18.9. The Labute approximate surface area is 196 Å². The van der Waals surface area contributed by atoms with Crippen molar-refractivity contribution in [3.8, 4) is 11.3 Å². The highest BCUT2D eigenvalue weighted by Gasteiger charge is 2.20. The molecule has 5 rings (SSSR count). The molecule has 0 bridgehead atoms. The molecular formula is C26H25FN6O. The van der Waals surface area contributed by atoms with Crippen LogP contribution in [0.25, 0.3) is 22.2 Å². The lowest BCUT2D eigenvalue weighted by molar-refractivity contribution is 0.0961. The number of hydrogen-bond acceptors (Lipinski definition) is 6. The number of benzene rings is 1. The molecule has 0 radical (unpaired) electrons. The van der Waals surface area contributed by atoms with Gasteiger partial charge in [0.15, 0.2) is 5.82 Å². The van der Waals surface area contributed by atoms with Gasteiger partial charge >= 0.3 is 0 Å². The van der Waals surface area contributed by atoms with Gasteiger partial charge in [-0.25, -0.2) is 14.4 Å². The number of rotatable bonds is 7. The molecule has 3 heterocycles. The molecule has 0 aliphatic heterocycles. The van der Waals surface area contributed by atoms with Crippen molar-refractivity contribution in [1.29, 1.82) is 0 Å². The van der Waals surface area contributed by atoms with Crippen molar-refractivity contribution in [2.45, 2.75) is 31.6 Å². The molecule has 1 aliphatic carbocycles. The number of amides is 1. The highest BCUT2D eigenvalue weighted by Crippen LogP contribution is 2.35. The van der Waals surface area contributed by atoms with Crippen LogP contribution in [0.3, 0.4) is 0 Å². The number of hydrogen-bond donors (Lipinski definition) is 2. The van der Waals surface area contributed by atoms with Crippen molar-refractivity contribution in [2.24, 2.45) is 0 Å². The summed E-state index contributed by atoms with van der Waals surface area (Å²) in [6, 6.07) is 11.5. The van der Waals surface area contributed by atoms with E-state index in [9.17, 15) is 9.18 Å². The van der Waals surface area contributed by atoms with E-state index in [0.717, 1.165) is 28.7 Å². The van der Waals surface area contributed by atoms with Crippen molar-refractivity contribution in [2.75, 3.05) is 18.9 Å². The van der Waals surface area contributed by atoms with Crippen LogP contribution in [-0.4, -0.2) is 39.4 Å². The van der Waals surface area contributed by atoms with Crippen molar-refractivity contribution < 1.29 is 9.18 Å². The Morgan fingerprint density at radius 2 is 1.97 bits per heavy atom. The summed E-state index contributed by atoms with van der Waals surface area (Å²) in [6.45, 7) is 0.586. The highest BCUT2D eigenvalue weighted by molar-refractivity contribution is 6.06. The number of carbonyl (C=O) groups excluding carboxylic acids is 1. The summed E-state index contributed by atoms with van der Waals surface area (Å²) in [7, 11) is 1.48. The van der Waals surface area contributed by atoms with Gasteiger partial charge in [0.2, 0.25) is 0 Å². The normalized spacial score (nSPS) is 13.5. The van der Waals surface area contributed by atoms with E-state index < -0.39 is 11.7 Å². The van der Waals surface area contributed by atoms with Crippen molar-refractivity contribution in [1.82, 2.24) is 25.3 Å². The summed E-state index contributed by atoms with van der Waals surface area (Å²) in [4.78, 5) is 29.8. The number of halogens is 1. The van der Waals surface area contributed by atoms with Crippen LogP contribution in [0.4, 0.5) is 10.2 Å². The summed E-state index contributed by atoms with van der Waals surface area (Å²) in [5.74, 6) is 0.206. The summed E-state index contributed by atoms with van der Waals surface area (Å²) in [5.41, 5.74) is 4.47. The predicted octanol–water partition coefficient (Wildman–Crippen LogP) is 4.51. The number of carbonyl (C=O) groups is 1. The molecular weight excluding hydrogens is 431 g/mol. The van der Waals surface area contributed by atoms with Crippen LogP contribution in [-0.2, 0) is 6.42 Å². The number of anilines is 1. The minimum absolute atomic E-state index is 0.0136. The molecule has 0 atom stereocenters. The third-order valence-corrected chi connectivity index (χ3v) is 6.36. The Kier molecular flexibility index (Phi) is 6.12. The molecule has 8 heteroatoms. The second-order valence-electron chi connectivity index (χ2n) is 8.44. The van der Waals surface area contributed by atoms with Crippen LogP contribution in [0.1, 0.15) is 46.8 Å². The number of nitrogens with one attached hydrogen (secondary N) is 2. The predicted molar refractivity (Wildman–Crippen MR) is 129 cm³/mol. The van der Waals surface area contributed by atoms with Gasteiger partial charge in [0.25, 0.3) is 5.91 Å². The first-order chi connectivity index (χ1) is 16.6. The van der Waals surface area contributed by atoms with E-state index in [-0.39, 0.29) is 5.56 Å². The monoisotopic (exact) mass is 456 g/mol. The maximum Gasteiger partial charge on any atom is 0.254 e. The summed E-state index contributed by atoms with van der Waals surface area (Å²) in [6.07, 6.45) is 8.88. The number of pyridine rings is 2. The van der Waals surface area contributed by atoms with Crippen LogP contribution in [0.15, 0.2) is 55.1 Å². The van der Waals surface area contributed by atoms with E-state index in [1.54, 1.807) is 6.07 Å². The average molecular weight is 457 g/mol. The molecule has 1 saturated carbocycles. The lowest BCUT2D eigenvalue weighted by Gasteiger charge is -2.24. The molecule has 34 heavy (non-hydrogen) atoms. The fraction of sp³-hybridized carbons (Fsp3) is 0.269. The van der Waals surface area contributed by atoms with Crippen LogP contribution >= 0.6 is 0 Å². The Morgan fingerprint density at radius 3 is 2.71 bits per heavy atom. The van der Waals surface area contributed by atoms with Crippen LogP contribution in [0.2, 0.25) is 0 Å². The fourth-order valence-electron chi connectivity index (χ4n) is 4.26. The van der Waals surface area contributed by atoms with E-state index in [2.05, 4.69) is 42.7 Å². The van der Waals surface area contributed by atoms with Crippen molar-refractivity contribution in [3.63, 3.8) is 0 Å². The summed E-state index contributed by atoms with van der Waals surface area (Å²) >= 11 is 0. The van der Waals surface area contributed by atoms with Crippen molar-refractivity contribution >= 4 is 22.6 Å². The number of para-hydroxylation sites is 1. The third kappa shape index (κ3) is 4.31. The highest BCUT2D eigenvalue weighted by atomic mass is 19.1. The lowest BCUT2D eigenvalue weighted by atomic mass is 9.82. The van der Waals surface area contributed by atoms with Gasteiger partial charge in [0, 0.05) is 48.4 Å². The summed E-state index contributed by atoms with van der Waals surface area (Å²) in [5, 5.41) is 6.32. The van der Waals surface area contributed by atoms with E-state index in [0.29, 0.717) is 35.6 Å². The first-order valence-corrected chi connectivity index (χ1v) is 11.4. The van der Waals surface area contributed by atoms with E-state index in [4.69, 9.17) is 0 Å². The molecule has 0 unspecified atom stereocenters. The van der Waals surface area contributed by atoms with Gasteiger partial charge in [-0.2, -0.15) is 0 Å². The van der Waals surface area contributed by atoms with E-state index in [1.165, 1.54) is 32.6 Å². The molecule has 1 aliphatic rings. The number of aromatic nitrogens is 4. The topological polar surface area (TPSA) is 92.7 Å². The lowest BCUT2D eigenvalue weighted by Crippen LogP contribution is -2.20. The average Bonchev–Trinajstić information content (AvgIpc) is 2.83. The molecule has 1 amide bonds. The molecule has 0 spiro atoms. The van der Waals surface area contributed by atoms with Crippen LogP contribution < -0.4 is 10.6 Å². The van der Waals surface area contributed by atoms with Gasteiger partial charge in [0.1, 0.15) is 12.1 Å². The Hall–Kier alpha value is -3.94. The molecule has 1 aromatic carbocycles. The first kappa shape index (κ1) is 21.9. The van der Waals surface area contributed by atoms with Gasteiger partial charge in [-0.1, -0.05) is 24.6 Å². The van der Waals surface area contributed by atoms with Crippen LogP contribution in [0, 0.1) is 5.82 Å². The van der Waals surface area contributed by atoms with Gasteiger partial charge in [0.05, 0.1) is 23.0 Å². The first-order valence-electron chi connectivity index (χ1n) is 11.4. The quantitative estimate of drug-likeness (QED) is 0.425. The molecule has 1 fully saturated rings.